The Bertz CT molecular complexity index is 2580. The normalized spacial score (nSPS) is 17.5. The van der Waals surface area contributed by atoms with Crippen molar-refractivity contribution in [3.05, 3.63) is 88.4 Å². The van der Waals surface area contributed by atoms with E-state index in [1.54, 1.807) is 37.6 Å². The Morgan fingerprint density at radius 1 is 1.03 bits per heavy atom. The SMILES string of the molecule is Cc1ncsc1-c1ccc(CNC(=O)[C@@H]2C[C@@H](O)CN2C(=O)[C@@H](NC(=O)COCCOCCCOc2ccc(N3C(=S)N(c4ccc(C#N)c(C(F)(F)F)c4F)C(=O)C3(C)C)cn2)C(C)(C)C)cc1. The number of halogens is 4. The first-order valence-electron chi connectivity index (χ1n) is 21.8. The number of likely N-dealkylation sites (tertiary alicyclic amines) is 1. The fraction of sp³-hybridized carbons (Fsp3) is 0.447. The number of nitrogens with one attached hydrogen (secondary N) is 2. The molecule has 69 heavy (non-hydrogen) atoms. The predicted molar refractivity (Wildman–Crippen MR) is 250 cm³/mol. The first-order chi connectivity index (χ1) is 32.5. The molecule has 2 aliphatic rings. The number of hydrogen-bond acceptors (Lipinski definition) is 13. The number of nitrogens with zero attached hydrogens (tertiary/aromatic N) is 6. The van der Waals surface area contributed by atoms with Gasteiger partial charge in [-0.25, -0.2) is 14.4 Å². The molecular formula is C47H52F4N8O8S2. The van der Waals surface area contributed by atoms with Crippen molar-refractivity contribution in [3.8, 4) is 22.4 Å². The zero-order valence-corrected chi connectivity index (χ0v) is 40.3. The van der Waals surface area contributed by atoms with Gasteiger partial charge in [-0.3, -0.25) is 24.1 Å². The lowest BCUT2D eigenvalue weighted by Crippen LogP contribution is -2.58. The third-order valence-corrected chi connectivity index (χ3v) is 12.8. The van der Waals surface area contributed by atoms with Crippen molar-refractivity contribution in [2.24, 2.45) is 5.41 Å². The molecule has 3 N–H and O–H groups in total. The Labute approximate surface area is 405 Å². The number of pyridine rings is 1. The maximum atomic E-state index is 15.3. The Hall–Kier alpha value is -6.12. The van der Waals surface area contributed by atoms with E-state index in [1.807, 2.05) is 31.2 Å². The van der Waals surface area contributed by atoms with Gasteiger partial charge in [-0.1, -0.05) is 45.0 Å². The highest BCUT2D eigenvalue weighted by molar-refractivity contribution is 7.81. The molecule has 0 bridgehead atoms. The largest absolute Gasteiger partial charge is 0.478 e. The van der Waals surface area contributed by atoms with Gasteiger partial charge < -0.3 is 39.8 Å². The molecular weight excluding hydrogens is 945 g/mol. The first kappa shape index (κ1) is 52.3. The molecule has 0 radical (unpaired) electrons. The number of aryl methyl sites for hydroxylation is 1. The van der Waals surface area contributed by atoms with Crippen LogP contribution in [0.3, 0.4) is 0 Å². The van der Waals surface area contributed by atoms with Gasteiger partial charge in [-0.15, -0.1) is 11.3 Å². The number of thiazole rings is 1. The molecule has 0 aliphatic carbocycles. The molecule has 16 nitrogen and oxygen atoms in total. The van der Waals surface area contributed by atoms with Crippen LogP contribution in [0.15, 0.2) is 60.2 Å². The van der Waals surface area contributed by atoms with Crippen LogP contribution in [0.5, 0.6) is 5.88 Å². The van der Waals surface area contributed by atoms with E-state index in [0.29, 0.717) is 11.3 Å². The third-order valence-electron chi connectivity index (χ3n) is 11.4. The van der Waals surface area contributed by atoms with Crippen molar-refractivity contribution in [2.45, 2.75) is 90.8 Å². The number of β-amino-alcohol motifs (C(OH)–C–C–N with tert-alkyl or cyclic N) is 1. The standard InChI is InChI=1S/C47H52F4N8O8S2/c1-27-39(69-26-55-27)29-10-8-28(9-11-29)22-54-41(62)34-20-32(60)24-57(34)42(63)40(45(2,3)4)56-35(61)25-66-19-18-65-16-7-17-67-36-15-13-31(23-53-36)59-44(68)58(43(64)46(59,5)6)33-14-12-30(21-52)37(38(33)48)47(49,50)51/h8-15,23,26,32,34,40,60H,7,16-20,22,24-25H2,1-6H3,(H,54,62)(H,56,61)/t32-,34+,40-/m1/s1. The minimum absolute atomic E-state index is 0.0552. The van der Waals surface area contributed by atoms with E-state index in [0.717, 1.165) is 33.8 Å². The molecule has 6 rings (SSSR count). The molecule has 4 heterocycles. The number of alkyl halides is 3. The molecule has 3 atom stereocenters. The molecule has 2 saturated heterocycles. The van der Waals surface area contributed by atoms with Gasteiger partial charge in [0.15, 0.2) is 10.9 Å². The van der Waals surface area contributed by atoms with Crippen LogP contribution in [0.25, 0.3) is 10.4 Å². The molecule has 4 amide bonds. The lowest BCUT2D eigenvalue weighted by atomic mass is 9.85. The van der Waals surface area contributed by atoms with Gasteiger partial charge >= 0.3 is 6.18 Å². The number of benzene rings is 2. The second-order valence-corrected chi connectivity index (χ2v) is 19.1. The quantitative estimate of drug-likeness (QED) is 0.0590. The zero-order chi connectivity index (χ0) is 50.4. The summed E-state index contributed by atoms with van der Waals surface area (Å²) < 4.78 is 73.3. The fourth-order valence-electron chi connectivity index (χ4n) is 7.84. The van der Waals surface area contributed by atoms with E-state index in [-0.39, 0.29) is 69.2 Å². The van der Waals surface area contributed by atoms with Gasteiger partial charge in [0.1, 0.15) is 29.8 Å². The van der Waals surface area contributed by atoms with E-state index in [9.17, 15) is 37.5 Å². The van der Waals surface area contributed by atoms with E-state index < -0.39 is 81.6 Å². The molecule has 22 heteroatoms. The summed E-state index contributed by atoms with van der Waals surface area (Å²) in [5, 5.41) is 25.0. The van der Waals surface area contributed by atoms with Crippen LogP contribution in [0.1, 0.15) is 69.8 Å². The number of amides is 4. The maximum absolute atomic E-state index is 15.3. The minimum atomic E-state index is -5.21. The number of anilines is 2. The highest BCUT2D eigenvalue weighted by Gasteiger charge is 2.52. The Morgan fingerprint density at radius 2 is 1.74 bits per heavy atom. The van der Waals surface area contributed by atoms with Crippen LogP contribution in [-0.4, -0.2) is 112 Å². The number of carbonyl (C=O) groups excluding carboxylic acids is 4. The summed E-state index contributed by atoms with van der Waals surface area (Å²) in [6.07, 6.45) is -4.28. The molecule has 0 saturated carbocycles. The summed E-state index contributed by atoms with van der Waals surface area (Å²) in [5.41, 5.74) is -0.791. The molecule has 2 aromatic heterocycles. The van der Waals surface area contributed by atoms with Crippen molar-refractivity contribution in [1.29, 1.82) is 5.26 Å². The number of aliphatic hydroxyl groups excluding tert-OH is 1. The Kier molecular flexibility index (Phi) is 16.4. The summed E-state index contributed by atoms with van der Waals surface area (Å²) in [4.78, 5) is 66.8. The van der Waals surface area contributed by atoms with Gasteiger partial charge in [0, 0.05) is 38.6 Å². The summed E-state index contributed by atoms with van der Waals surface area (Å²) in [7, 11) is 0. The number of aliphatic hydroxyl groups is 1. The average Bonchev–Trinajstić information content (AvgIpc) is 3.96. The number of rotatable bonds is 18. The first-order valence-corrected chi connectivity index (χ1v) is 23.1. The smallest absolute Gasteiger partial charge is 0.420 e. The van der Waals surface area contributed by atoms with Crippen LogP contribution < -0.4 is 25.2 Å². The number of thiocarbonyl (C=S) groups is 1. The van der Waals surface area contributed by atoms with Crippen molar-refractivity contribution in [3.63, 3.8) is 0 Å². The number of nitriles is 1. The van der Waals surface area contributed by atoms with Gasteiger partial charge in [-0.05, 0) is 67.7 Å². The van der Waals surface area contributed by atoms with E-state index in [4.69, 9.17) is 31.7 Å². The molecule has 2 aliphatic heterocycles. The number of aromatic nitrogens is 2. The lowest BCUT2D eigenvalue weighted by Gasteiger charge is -2.35. The molecule has 2 fully saturated rings. The Balaban J connectivity index is 0.909. The van der Waals surface area contributed by atoms with Crippen LogP contribution in [-0.2, 0) is 41.4 Å². The average molecular weight is 997 g/mol. The summed E-state index contributed by atoms with van der Waals surface area (Å²) in [6, 6.07) is 11.9. The van der Waals surface area contributed by atoms with Crippen molar-refractivity contribution in [1.82, 2.24) is 25.5 Å². The van der Waals surface area contributed by atoms with Crippen LogP contribution >= 0.6 is 23.6 Å². The fourth-order valence-corrected chi connectivity index (χ4v) is 9.17. The van der Waals surface area contributed by atoms with Crippen LogP contribution in [0.2, 0.25) is 0 Å². The van der Waals surface area contributed by atoms with Gasteiger partial charge in [-0.2, -0.15) is 18.4 Å². The second-order valence-electron chi connectivity index (χ2n) is 17.9. The molecule has 0 unspecified atom stereocenters. The number of ether oxygens (including phenoxy) is 3. The Morgan fingerprint density at radius 3 is 2.36 bits per heavy atom. The molecule has 368 valence electrons. The van der Waals surface area contributed by atoms with Crippen LogP contribution in [0.4, 0.5) is 28.9 Å². The monoisotopic (exact) mass is 996 g/mol. The van der Waals surface area contributed by atoms with Crippen molar-refractivity contribution in [2.75, 3.05) is 49.4 Å². The van der Waals surface area contributed by atoms with E-state index in [1.165, 1.54) is 48.0 Å². The van der Waals surface area contributed by atoms with Crippen molar-refractivity contribution >= 4 is 63.7 Å². The third kappa shape index (κ3) is 12.0. The van der Waals surface area contributed by atoms with Crippen molar-refractivity contribution < 1.29 is 56.1 Å². The predicted octanol–water partition coefficient (Wildman–Crippen LogP) is 6.07. The van der Waals surface area contributed by atoms with Gasteiger partial charge in [0.2, 0.25) is 23.6 Å². The maximum Gasteiger partial charge on any atom is 0.420 e. The summed E-state index contributed by atoms with van der Waals surface area (Å²) >= 11 is 7.02. The topological polar surface area (TPSA) is 200 Å². The van der Waals surface area contributed by atoms with E-state index >= 15 is 4.39 Å². The second kappa shape index (κ2) is 21.7. The summed E-state index contributed by atoms with van der Waals surface area (Å²) in [6.45, 7) is 10.7. The zero-order valence-electron chi connectivity index (χ0n) is 38.7. The van der Waals surface area contributed by atoms with E-state index in [2.05, 4.69) is 20.6 Å². The molecule has 4 aromatic rings. The molecule has 2 aromatic carbocycles. The molecule has 0 spiro atoms. The lowest BCUT2D eigenvalue weighted by molar-refractivity contribution is -0.144. The number of hydrogen-bond donors (Lipinski definition) is 3. The van der Waals surface area contributed by atoms with Gasteiger partial charge in [0.05, 0.1) is 71.2 Å². The minimum Gasteiger partial charge on any atom is -0.478 e. The highest BCUT2D eigenvalue weighted by Crippen LogP contribution is 2.42. The number of carbonyl (C=O) groups is 4. The highest BCUT2D eigenvalue weighted by atomic mass is 32.1. The van der Waals surface area contributed by atoms with Crippen LogP contribution in [0, 0.1) is 29.5 Å². The summed E-state index contributed by atoms with van der Waals surface area (Å²) in [5.74, 6) is -3.85. The van der Waals surface area contributed by atoms with Gasteiger partial charge in [0.25, 0.3) is 5.91 Å².